The van der Waals surface area contributed by atoms with Crippen molar-refractivity contribution in [3.8, 4) is 0 Å². The van der Waals surface area contributed by atoms with Crippen LogP contribution in [0.2, 0.25) is 0 Å². The van der Waals surface area contributed by atoms with Gasteiger partial charge in [0.2, 0.25) is 5.82 Å². The number of pyridine rings is 1. The van der Waals surface area contributed by atoms with E-state index in [0.717, 1.165) is 41.0 Å². The first kappa shape index (κ1) is 17.9. The molecule has 0 unspecified atom stereocenters. The van der Waals surface area contributed by atoms with Crippen molar-refractivity contribution < 1.29 is 9.53 Å². The van der Waals surface area contributed by atoms with Crippen LogP contribution in [0, 0.1) is 0 Å². The third kappa shape index (κ3) is 3.78. The molecular formula is C20H22N4O2S. The lowest BCUT2D eigenvalue weighted by molar-refractivity contribution is 0.0512. The van der Waals surface area contributed by atoms with Gasteiger partial charge in [-0.05, 0) is 50.3 Å². The van der Waals surface area contributed by atoms with Crippen LogP contribution in [-0.2, 0) is 24.0 Å². The molecule has 1 aliphatic rings. The van der Waals surface area contributed by atoms with E-state index >= 15 is 0 Å². The Morgan fingerprint density at radius 2 is 2.15 bits per heavy atom. The fraction of sp³-hybridized carbons (Fsp3) is 0.400. The summed E-state index contributed by atoms with van der Waals surface area (Å²) in [6.45, 7) is 2.78. The number of nitrogens with zero attached hydrogens (tertiary/aromatic N) is 3. The van der Waals surface area contributed by atoms with Crippen LogP contribution in [0.4, 0.5) is 5.82 Å². The number of aromatic nitrogens is 3. The molecule has 140 valence electrons. The van der Waals surface area contributed by atoms with Crippen LogP contribution in [0.3, 0.4) is 0 Å². The minimum Gasteiger partial charge on any atom is -0.460 e. The van der Waals surface area contributed by atoms with Crippen molar-refractivity contribution in [1.29, 1.82) is 0 Å². The third-order valence-corrected chi connectivity index (χ3v) is 5.86. The highest BCUT2D eigenvalue weighted by molar-refractivity contribution is 7.19. The van der Waals surface area contributed by atoms with Crippen molar-refractivity contribution in [2.75, 3.05) is 18.5 Å². The van der Waals surface area contributed by atoms with Crippen molar-refractivity contribution in [2.45, 2.75) is 39.0 Å². The SMILES string of the molecule is CCOC(=O)c1nc(NCCc2ccccn2)c2c3c(sc2n1)CCCC3. The fourth-order valence-corrected chi connectivity index (χ4v) is 4.69. The second kappa shape index (κ2) is 8.00. The number of fused-ring (bicyclic) bond motifs is 3. The molecule has 0 fully saturated rings. The zero-order valence-corrected chi connectivity index (χ0v) is 16.1. The first-order valence-corrected chi connectivity index (χ1v) is 10.2. The molecule has 1 N–H and O–H groups in total. The molecule has 0 aliphatic heterocycles. The van der Waals surface area contributed by atoms with Crippen molar-refractivity contribution in [1.82, 2.24) is 15.0 Å². The molecule has 7 heteroatoms. The number of aryl methyl sites for hydroxylation is 2. The molecule has 3 aromatic heterocycles. The van der Waals surface area contributed by atoms with Crippen molar-refractivity contribution in [2.24, 2.45) is 0 Å². The summed E-state index contributed by atoms with van der Waals surface area (Å²) >= 11 is 1.68. The molecule has 0 aromatic carbocycles. The quantitative estimate of drug-likeness (QED) is 0.654. The van der Waals surface area contributed by atoms with Gasteiger partial charge < -0.3 is 10.1 Å². The summed E-state index contributed by atoms with van der Waals surface area (Å²) in [5.41, 5.74) is 2.37. The molecule has 3 aromatic rings. The average molecular weight is 382 g/mol. The highest BCUT2D eigenvalue weighted by Crippen LogP contribution is 2.38. The van der Waals surface area contributed by atoms with Crippen molar-refractivity contribution in [3.05, 3.63) is 46.4 Å². The molecular weight excluding hydrogens is 360 g/mol. The van der Waals surface area contributed by atoms with Crippen LogP contribution in [-0.4, -0.2) is 34.1 Å². The molecule has 0 radical (unpaired) electrons. The highest BCUT2D eigenvalue weighted by Gasteiger charge is 2.23. The smallest absolute Gasteiger partial charge is 0.376 e. The number of rotatable bonds is 6. The molecule has 0 amide bonds. The van der Waals surface area contributed by atoms with Crippen LogP contribution in [0.5, 0.6) is 0 Å². The Hall–Kier alpha value is -2.54. The van der Waals surface area contributed by atoms with Crippen LogP contribution in [0.1, 0.15) is 46.5 Å². The summed E-state index contributed by atoms with van der Waals surface area (Å²) in [6.07, 6.45) is 7.11. The van der Waals surface area contributed by atoms with Crippen LogP contribution < -0.4 is 5.32 Å². The van der Waals surface area contributed by atoms with E-state index in [1.807, 2.05) is 18.2 Å². The predicted octanol–water partition coefficient (Wildman–Crippen LogP) is 3.80. The molecule has 27 heavy (non-hydrogen) atoms. The van der Waals surface area contributed by atoms with Crippen LogP contribution >= 0.6 is 11.3 Å². The topological polar surface area (TPSA) is 77.0 Å². The molecule has 0 bridgehead atoms. The first-order valence-electron chi connectivity index (χ1n) is 9.39. The Morgan fingerprint density at radius 1 is 1.26 bits per heavy atom. The monoisotopic (exact) mass is 382 g/mol. The molecule has 3 heterocycles. The molecule has 6 nitrogen and oxygen atoms in total. The molecule has 0 spiro atoms. The van der Waals surface area contributed by atoms with Gasteiger partial charge in [-0.1, -0.05) is 6.07 Å². The Kier molecular flexibility index (Phi) is 5.29. The second-order valence-corrected chi connectivity index (χ2v) is 7.59. The molecule has 0 saturated heterocycles. The maximum absolute atomic E-state index is 12.2. The lowest BCUT2D eigenvalue weighted by atomic mass is 9.97. The molecule has 1 aliphatic carbocycles. The minimum absolute atomic E-state index is 0.128. The summed E-state index contributed by atoms with van der Waals surface area (Å²) in [5, 5.41) is 4.49. The van der Waals surface area contributed by atoms with Gasteiger partial charge in [0.15, 0.2) is 0 Å². The molecule has 4 rings (SSSR count). The summed E-state index contributed by atoms with van der Waals surface area (Å²) in [7, 11) is 0. The van der Waals surface area contributed by atoms with Gasteiger partial charge in [0.25, 0.3) is 0 Å². The number of carbonyl (C=O) groups excluding carboxylic acids is 1. The summed E-state index contributed by atoms with van der Waals surface area (Å²) < 4.78 is 5.11. The number of hydrogen-bond donors (Lipinski definition) is 1. The lowest BCUT2D eigenvalue weighted by Crippen LogP contribution is -2.14. The van der Waals surface area contributed by atoms with E-state index in [9.17, 15) is 4.79 Å². The largest absolute Gasteiger partial charge is 0.460 e. The van der Waals surface area contributed by atoms with E-state index in [1.54, 1.807) is 24.5 Å². The molecule has 0 saturated carbocycles. The number of nitrogens with one attached hydrogen (secondary N) is 1. The average Bonchev–Trinajstić information content (AvgIpc) is 3.07. The normalized spacial score (nSPS) is 13.4. The Morgan fingerprint density at radius 3 is 2.96 bits per heavy atom. The van der Waals surface area contributed by atoms with E-state index in [-0.39, 0.29) is 5.82 Å². The number of hydrogen-bond acceptors (Lipinski definition) is 7. The van der Waals surface area contributed by atoms with Crippen molar-refractivity contribution in [3.63, 3.8) is 0 Å². The standard InChI is InChI=1S/C20H22N4O2S/c1-2-26-20(25)18-23-17(22-12-10-13-7-5-6-11-21-13)16-14-8-3-4-9-15(14)27-19(16)24-18/h5-7,11H,2-4,8-10,12H2,1H3,(H,22,23,24). The number of carbonyl (C=O) groups is 1. The number of thiophene rings is 1. The van der Waals surface area contributed by atoms with E-state index in [1.165, 1.54) is 23.3 Å². The minimum atomic E-state index is -0.474. The molecule has 0 atom stereocenters. The zero-order chi connectivity index (χ0) is 18.6. The maximum Gasteiger partial charge on any atom is 0.376 e. The van der Waals surface area contributed by atoms with E-state index < -0.39 is 5.97 Å². The Bertz CT molecular complexity index is 956. The predicted molar refractivity (Wildman–Crippen MR) is 106 cm³/mol. The number of ether oxygens (including phenoxy) is 1. The van der Waals surface area contributed by atoms with Crippen LogP contribution in [0.25, 0.3) is 10.2 Å². The van der Waals surface area contributed by atoms with Gasteiger partial charge in [-0.15, -0.1) is 11.3 Å². The first-order chi connectivity index (χ1) is 13.3. The third-order valence-electron chi connectivity index (χ3n) is 4.67. The van der Waals surface area contributed by atoms with Gasteiger partial charge >= 0.3 is 5.97 Å². The van der Waals surface area contributed by atoms with Gasteiger partial charge in [-0.2, -0.15) is 0 Å². The second-order valence-electron chi connectivity index (χ2n) is 6.51. The van der Waals surface area contributed by atoms with E-state index in [0.29, 0.717) is 13.2 Å². The van der Waals surface area contributed by atoms with Gasteiger partial charge in [0, 0.05) is 29.7 Å². The maximum atomic E-state index is 12.2. The van der Waals surface area contributed by atoms with E-state index in [4.69, 9.17) is 4.74 Å². The summed E-state index contributed by atoms with van der Waals surface area (Å²) in [4.78, 5) is 27.8. The number of anilines is 1. The van der Waals surface area contributed by atoms with Gasteiger partial charge in [0.05, 0.1) is 12.0 Å². The van der Waals surface area contributed by atoms with Gasteiger partial charge in [-0.25, -0.2) is 14.8 Å². The zero-order valence-electron chi connectivity index (χ0n) is 15.3. The van der Waals surface area contributed by atoms with Gasteiger partial charge in [0.1, 0.15) is 10.6 Å². The number of esters is 1. The summed E-state index contributed by atoms with van der Waals surface area (Å²) in [6, 6.07) is 5.90. The Labute approximate surface area is 162 Å². The van der Waals surface area contributed by atoms with Crippen LogP contribution in [0.15, 0.2) is 24.4 Å². The van der Waals surface area contributed by atoms with E-state index in [2.05, 4.69) is 20.3 Å². The lowest BCUT2D eigenvalue weighted by Gasteiger charge is -2.13. The summed E-state index contributed by atoms with van der Waals surface area (Å²) in [5.74, 6) is 0.389. The Balaban J connectivity index is 1.67. The fourth-order valence-electron chi connectivity index (χ4n) is 3.43. The van der Waals surface area contributed by atoms with Gasteiger partial charge in [-0.3, -0.25) is 4.98 Å². The highest BCUT2D eigenvalue weighted by atomic mass is 32.1. The van der Waals surface area contributed by atoms with Crippen molar-refractivity contribution >= 4 is 33.3 Å².